The second kappa shape index (κ2) is 6.61. The number of thiocarbonyl (C=S) groups is 1. The van der Waals surface area contributed by atoms with Crippen LogP contribution >= 0.6 is 12.2 Å². The van der Waals surface area contributed by atoms with Crippen LogP contribution < -0.4 is 5.73 Å². The van der Waals surface area contributed by atoms with Gasteiger partial charge in [0, 0.05) is 25.1 Å². The van der Waals surface area contributed by atoms with Crippen molar-refractivity contribution in [1.82, 2.24) is 4.90 Å². The molecule has 5 heteroatoms. The molecule has 3 nitrogen and oxygen atoms in total. The highest BCUT2D eigenvalue weighted by Gasteiger charge is 2.31. The maximum absolute atomic E-state index is 12.8. The van der Waals surface area contributed by atoms with E-state index in [9.17, 15) is 9.18 Å². The van der Waals surface area contributed by atoms with Gasteiger partial charge in [0.05, 0.1) is 4.99 Å². The largest absolute Gasteiger partial charge is 0.393 e. The summed E-state index contributed by atoms with van der Waals surface area (Å²) in [4.78, 5) is 14.4. The molecular formula is C15H17FN2OS. The standard InChI is InChI=1S/C15H17FN2OS/c16-12-4-1-11(2-5-12)3-8-15(19)18(13-6-7-13)10-9-14(17)20/h1-5,8,13H,6-7,9-10H2,(H2,17,20)/b8-3+. The van der Waals surface area contributed by atoms with Crippen LogP contribution in [-0.4, -0.2) is 28.4 Å². The molecule has 1 amide bonds. The van der Waals surface area contributed by atoms with E-state index in [4.69, 9.17) is 18.0 Å². The van der Waals surface area contributed by atoms with Crippen molar-refractivity contribution in [2.45, 2.75) is 25.3 Å². The van der Waals surface area contributed by atoms with Crippen LogP contribution in [0.2, 0.25) is 0 Å². The van der Waals surface area contributed by atoms with Crippen molar-refractivity contribution in [3.63, 3.8) is 0 Å². The zero-order chi connectivity index (χ0) is 14.5. The van der Waals surface area contributed by atoms with Gasteiger partial charge in [0.25, 0.3) is 0 Å². The molecule has 106 valence electrons. The first-order valence-electron chi connectivity index (χ1n) is 6.59. The molecule has 1 aromatic carbocycles. The quantitative estimate of drug-likeness (QED) is 0.647. The number of hydrogen-bond donors (Lipinski definition) is 1. The molecular weight excluding hydrogens is 275 g/mol. The van der Waals surface area contributed by atoms with E-state index < -0.39 is 0 Å². The fraction of sp³-hybridized carbons (Fsp3) is 0.333. The third kappa shape index (κ3) is 4.42. The maximum Gasteiger partial charge on any atom is 0.246 e. The summed E-state index contributed by atoms with van der Waals surface area (Å²) in [5, 5.41) is 0. The summed E-state index contributed by atoms with van der Waals surface area (Å²) in [6, 6.07) is 6.32. The highest BCUT2D eigenvalue weighted by atomic mass is 32.1. The maximum atomic E-state index is 12.8. The minimum atomic E-state index is -0.287. The van der Waals surface area contributed by atoms with E-state index in [2.05, 4.69) is 0 Å². The predicted octanol–water partition coefficient (Wildman–Crippen LogP) is 2.51. The lowest BCUT2D eigenvalue weighted by Crippen LogP contribution is -2.34. The Morgan fingerprint density at radius 3 is 2.60 bits per heavy atom. The van der Waals surface area contributed by atoms with E-state index in [-0.39, 0.29) is 11.7 Å². The van der Waals surface area contributed by atoms with E-state index >= 15 is 0 Å². The molecule has 20 heavy (non-hydrogen) atoms. The zero-order valence-corrected chi connectivity index (χ0v) is 11.9. The van der Waals surface area contributed by atoms with E-state index in [0.29, 0.717) is 24.0 Å². The molecule has 0 aliphatic heterocycles. The molecule has 1 fully saturated rings. The summed E-state index contributed by atoms with van der Waals surface area (Å²) in [6.45, 7) is 0.562. The number of hydrogen-bond acceptors (Lipinski definition) is 2. The van der Waals surface area contributed by atoms with Crippen LogP contribution in [0.3, 0.4) is 0 Å². The molecule has 0 heterocycles. The summed E-state index contributed by atoms with van der Waals surface area (Å²) >= 11 is 4.85. The van der Waals surface area contributed by atoms with Gasteiger partial charge >= 0.3 is 0 Å². The molecule has 0 spiro atoms. The second-order valence-corrected chi connectivity index (χ2v) is 5.39. The molecule has 2 N–H and O–H groups in total. The zero-order valence-electron chi connectivity index (χ0n) is 11.1. The molecule has 0 atom stereocenters. The van der Waals surface area contributed by atoms with Gasteiger partial charge in [-0.05, 0) is 36.6 Å². The monoisotopic (exact) mass is 292 g/mol. The van der Waals surface area contributed by atoms with Gasteiger partial charge in [0.1, 0.15) is 5.82 Å². The Bertz CT molecular complexity index is 523. The number of nitrogens with two attached hydrogens (primary N) is 1. The fourth-order valence-corrected chi connectivity index (χ4v) is 2.02. The summed E-state index contributed by atoms with van der Waals surface area (Å²) in [5.41, 5.74) is 6.28. The SMILES string of the molecule is NC(=S)CCN(C(=O)/C=C/c1ccc(F)cc1)C1CC1. The molecule has 1 saturated carbocycles. The summed E-state index contributed by atoms with van der Waals surface area (Å²) < 4.78 is 12.8. The second-order valence-electron chi connectivity index (χ2n) is 4.86. The van der Waals surface area contributed by atoms with E-state index in [1.807, 2.05) is 0 Å². The van der Waals surface area contributed by atoms with E-state index in [1.165, 1.54) is 18.2 Å². The summed E-state index contributed by atoms with van der Waals surface area (Å²) in [6.07, 6.45) is 5.83. The Hall–Kier alpha value is -1.75. The Kier molecular flexibility index (Phi) is 4.84. The van der Waals surface area contributed by atoms with Crippen LogP contribution in [0.4, 0.5) is 4.39 Å². The highest BCUT2D eigenvalue weighted by Crippen LogP contribution is 2.27. The molecule has 1 aromatic rings. The number of benzene rings is 1. The third-order valence-corrected chi connectivity index (χ3v) is 3.36. The van der Waals surface area contributed by atoms with Crippen LogP contribution in [0.15, 0.2) is 30.3 Å². The van der Waals surface area contributed by atoms with Gasteiger partial charge in [-0.3, -0.25) is 4.79 Å². The van der Waals surface area contributed by atoms with E-state index in [1.54, 1.807) is 23.1 Å². The summed E-state index contributed by atoms with van der Waals surface area (Å²) in [7, 11) is 0. The van der Waals surface area contributed by atoms with Gasteiger partial charge < -0.3 is 10.6 Å². The lowest BCUT2D eigenvalue weighted by Gasteiger charge is -2.20. The number of rotatable bonds is 6. The molecule has 1 aliphatic carbocycles. The van der Waals surface area contributed by atoms with E-state index in [0.717, 1.165) is 18.4 Å². The van der Waals surface area contributed by atoms with Gasteiger partial charge in [-0.1, -0.05) is 24.4 Å². The molecule has 2 rings (SSSR count). The van der Waals surface area contributed by atoms with Crippen LogP contribution in [0.5, 0.6) is 0 Å². The molecule has 0 bridgehead atoms. The normalized spacial score (nSPS) is 14.4. The third-order valence-electron chi connectivity index (χ3n) is 3.16. The smallest absolute Gasteiger partial charge is 0.246 e. The Balaban J connectivity index is 1.97. The molecule has 0 unspecified atom stereocenters. The average Bonchev–Trinajstić information content (AvgIpc) is 3.22. The topological polar surface area (TPSA) is 46.3 Å². The van der Waals surface area contributed by atoms with Crippen molar-refractivity contribution in [2.24, 2.45) is 5.73 Å². The van der Waals surface area contributed by atoms with Crippen LogP contribution in [-0.2, 0) is 4.79 Å². The molecule has 0 aromatic heterocycles. The first-order valence-corrected chi connectivity index (χ1v) is 6.99. The minimum Gasteiger partial charge on any atom is -0.393 e. The van der Waals surface area contributed by atoms with Crippen molar-refractivity contribution in [3.05, 3.63) is 41.7 Å². The van der Waals surface area contributed by atoms with Crippen molar-refractivity contribution >= 4 is 29.2 Å². The van der Waals surface area contributed by atoms with Crippen LogP contribution in [0.1, 0.15) is 24.8 Å². The fourth-order valence-electron chi connectivity index (χ4n) is 1.93. The molecule has 1 aliphatic rings. The van der Waals surface area contributed by atoms with Crippen molar-refractivity contribution in [1.29, 1.82) is 0 Å². The molecule has 0 saturated heterocycles. The average molecular weight is 292 g/mol. The van der Waals surface area contributed by atoms with Gasteiger partial charge in [0.15, 0.2) is 0 Å². The Morgan fingerprint density at radius 2 is 2.05 bits per heavy atom. The van der Waals surface area contributed by atoms with Crippen molar-refractivity contribution in [2.75, 3.05) is 6.54 Å². The minimum absolute atomic E-state index is 0.0481. The number of amides is 1. The van der Waals surface area contributed by atoms with Gasteiger partial charge in [0.2, 0.25) is 5.91 Å². The first-order chi connectivity index (χ1) is 9.56. The Morgan fingerprint density at radius 1 is 1.40 bits per heavy atom. The number of carbonyl (C=O) groups is 1. The lowest BCUT2D eigenvalue weighted by atomic mass is 10.2. The first kappa shape index (κ1) is 14.7. The Labute approximate surface area is 123 Å². The van der Waals surface area contributed by atoms with Crippen molar-refractivity contribution < 1.29 is 9.18 Å². The number of nitrogens with zero attached hydrogens (tertiary/aromatic N) is 1. The number of carbonyl (C=O) groups excluding carboxylic acids is 1. The highest BCUT2D eigenvalue weighted by molar-refractivity contribution is 7.80. The molecule has 0 radical (unpaired) electrons. The van der Waals surface area contributed by atoms with Gasteiger partial charge in [-0.15, -0.1) is 0 Å². The summed E-state index contributed by atoms with van der Waals surface area (Å²) in [5.74, 6) is -0.336. The van der Waals surface area contributed by atoms with Crippen LogP contribution in [0.25, 0.3) is 6.08 Å². The van der Waals surface area contributed by atoms with Gasteiger partial charge in [-0.2, -0.15) is 0 Å². The van der Waals surface area contributed by atoms with Crippen molar-refractivity contribution in [3.8, 4) is 0 Å². The predicted molar refractivity (Wildman–Crippen MR) is 81.6 cm³/mol. The number of halogens is 1. The van der Waals surface area contributed by atoms with Gasteiger partial charge in [-0.25, -0.2) is 4.39 Å². The van der Waals surface area contributed by atoms with Crippen LogP contribution in [0, 0.1) is 5.82 Å². The lowest BCUT2D eigenvalue weighted by molar-refractivity contribution is -0.126.